The van der Waals surface area contributed by atoms with Gasteiger partial charge in [0.2, 0.25) is 0 Å². The van der Waals surface area contributed by atoms with Crippen molar-refractivity contribution in [2.24, 2.45) is 0 Å². The van der Waals surface area contributed by atoms with Gasteiger partial charge in [0, 0.05) is 11.4 Å². The Labute approximate surface area is 203 Å². The lowest BCUT2D eigenvalue weighted by Gasteiger charge is -2.15. The fourth-order valence-electron chi connectivity index (χ4n) is 3.51. The first-order valence-corrected chi connectivity index (χ1v) is 12.4. The Hall–Kier alpha value is -4.17. The molecule has 0 bridgehead atoms. The van der Waals surface area contributed by atoms with E-state index in [0.717, 1.165) is 5.56 Å². The third-order valence-corrected chi connectivity index (χ3v) is 6.74. The second-order valence-electron chi connectivity index (χ2n) is 7.95. The molecule has 4 aromatic carbocycles. The zero-order valence-electron chi connectivity index (χ0n) is 18.9. The van der Waals surface area contributed by atoms with Gasteiger partial charge in [0.15, 0.2) is 0 Å². The van der Waals surface area contributed by atoms with Crippen molar-refractivity contribution in [2.75, 3.05) is 10.0 Å². The molecule has 6 nitrogen and oxygen atoms in total. The van der Waals surface area contributed by atoms with Gasteiger partial charge in [-0.2, -0.15) is 0 Å². The van der Waals surface area contributed by atoms with Crippen LogP contribution in [-0.4, -0.2) is 14.4 Å². The molecule has 0 heterocycles. The minimum Gasteiger partial charge on any atom is -0.331 e. The van der Waals surface area contributed by atoms with E-state index < -0.39 is 10.0 Å². The zero-order valence-corrected chi connectivity index (χ0v) is 19.7. The van der Waals surface area contributed by atoms with E-state index >= 15 is 0 Å². The number of halogens is 1. The lowest BCUT2D eigenvalue weighted by atomic mass is 10.1. The number of carbonyl (C=O) groups is 1. The largest absolute Gasteiger partial charge is 0.331 e. The fourth-order valence-corrected chi connectivity index (χ4v) is 4.61. The molecule has 0 aliphatic rings. The molecular formula is C27H24FN3O3S. The van der Waals surface area contributed by atoms with Crippen LogP contribution in [0.15, 0.2) is 108 Å². The molecule has 4 aromatic rings. The maximum atomic E-state index is 13.2. The van der Waals surface area contributed by atoms with Crippen molar-refractivity contribution in [3.8, 4) is 11.1 Å². The highest BCUT2D eigenvalue weighted by atomic mass is 32.2. The first-order chi connectivity index (χ1) is 16.8. The number of amides is 2. The van der Waals surface area contributed by atoms with Crippen LogP contribution < -0.4 is 15.4 Å². The maximum absolute atomic E-state index is 13.2. The van der Waals surface area contributed by atoms with Crippen LogP contribution in [0.25, 0.3) is 11.1 Å². The molecule has 35 heavy (non-hydrogen) atoms. The minimum absolute atomic E-state index is 0.0794. The average molecular weight is 490 g/mol. The Morgan fingerprint density at radius 2 is 1.43 bits per heavy atom. The Balaban J connectivity index is 1.40. The summed E-state index contributed by atoms with van der Waals surface area (Å²) < 4.78 is 41.6. The topological polar surface area (TPSA) is 87.3 Å². The average Bonchev–Trinajstić information content (AvgIpc) is 2.86. The van der Waals surface area contributed by atoms with Crippen LogP contribution in [0.4, 0.5) is 20.6 Å². The van der Waals surface area contributed by atoms with Crippen molar-refractivity contribution in [1.82, 2.24) is 5.32 Å². The van der Waals surface area contributed by atoms with Crippen LogP contribution in [0, 0.1) is 5.82 Å². The summed E-state index contributed by atoms with van der Waals surface area (Å²) >= 11 is 0. The lowest BCUT2D eigenvalue weighted by Crippen LogP contribution is -2.31. The van der Waals surface area contributed by atoms with E-state index in [1.165, 1.54) is 24.3 Å². The zero-order chi connectivity index (χ0) is 24.8. The molecule has 2 amide bonds. The number of hydrogen-bond donors (Lipinski definition) is 3. The highest BCUT2D eigenvalue weighted by Gasteiger charge is 2.15. The number of hydrogen-bond acceptors (Lipinski definition) is 3. The van der Waals surface area contributed by atoms with Crippen LogP contribution in [0.3, 0.4) is 0 Å². The molecule has 4 rings (SSSR count). The fraction of sp³-hybridized carbons (Fsp3) is 0.0741. The summed E-state index contributed by atoms with van der Waals surface area (Å²) in [6.07, 6.45) is 0. The summed E-state index contributed by atoms with van der Waals surface area (Å²) in [6, 6.07) is 27.7. The Morgan fingerprint density at radius 1 is 0.771 bits per heavy atom. The van der Waals surface area contributed by atoms with Crippen LogP contribution in [0.5, 0.6) is 0 Å². The molecular weight excluding hydrogens is 465 g/mol. The van der Waals surface area contributed by atoms with Crippen LogP contribution in [-0.2, 0) is 10.0 Å². The molecule has 8 heteroatoms. The predicted molar refractivity (Wildman–Crippen MR) is 136 cm³/mol. The number of benzene rings is 4. The number of urea groups is 1. The van der Waals surface area contributed by atoms with Crippen molar-refractivity contribution < 1.29 is 17.6 Å². The molecule has 1 atom stereocenters. The molecule has 0 aliphatic carbocycles. The van der Waals surface area contributed by atoms with Gasteiger partial charge in [-0.15, -0.1) is 0 Å². The Kier molecular flexibility index (Phi) is 7.12. The third kappa shape index (κ3) is 6.24. The van der Waals surface area contributed by atoms with Gasteiger partial charge in [0.25, 0.3) is 10.0 Å². The first-order valence-electron chi connectivity index (χ1n) is 10.9. The standard InChI is InChI=1S/C27H24FN3O3S/c1-19(20-6-3-2-4-7-20)29-27(32)30-24-14-16-25(17-15-24)31-35(33,34)26-9-5-8-22(18-26)21-10-12-23(28)13-11-21/h2-19,31H,1H3,(H2,29,30,32). The quantitative estimate of drug-likeness (QED) is 0.290. The molecule has 178 valence electrons. The van der Waals surface area contributed by atoms with Gasteiger partial charge in [-0.05, 0) is 72.1 Å². The van der Waals surface area contributed by atoms with E-state index in [0.29, 0.717) is 22.5 Å². The Morgan fingerprint density at radius 3 is 2.11 bits per heavy atom. The van der Waals surface area contributed by atoms with Crippen LogP contribution >= 0.6 is 0 Å². The highest BCUT2D eigenvalue weighted by molar-refractivity contribution is 7.92. The number of anilines is 2. The molecule has 0 saturated carbocycles. The number of carbonyl (C=O) groups excluding carboxylic acids is 1. The van der Waals surface area contributed by atoms with Gasteiger partial charge in [0.1, 0.15) is 5.82 Å². The summed E-state index contributed by atoms with van der Waals surface area (Å²) in [6.45, 7) is 1.89. The second-order valence-corrected chi connectivity index (χ2v) is 9.63. The molecule has 3 N–H and O–H groups in total. The van der Waals surface area contributed by atoms with Crippen molar-refractivity contribution in [2.45, 2.75) is 17.9 Å². The van der Waals surface area contributed by atoms with Crippen molar-refractivity contribution >= 4 is 27.4 Å². The third-order valence-electron chi connectivity index (χ3n) is 5.36. The predicted octanol–water partition coefficient (Wildman–Crippen LogP) is 6.18. The monoisotopic (exact) mass is 489 g/mol. The van der Waals surface area contributed by atoms with Crippen LogP contribution in [0.2, 0.25) is 0 Å². The van der Waals surface area contributed by atoms with E-state index in [9.17, 15) is 17.6 Å². The molecule has 0 spiro atoms. The van der Waals surface area contributed by atoms with Crippen molar-refractivity contribution in [3.05, 3.63) is 115 Å². The molecule has 1 unspecified atom stereocenters. The Bertz CT molecular complexity index is 1410. The summed E-state index contributed by atoms with van der Waals surface area (Å²) in [7, 11) is -3.86. The number of rotatable bonds is 7. The summed E-state index contributed by atoms with van der Waals surface area (Å²) in [4.78, 5) is 12.4. The molecule has 0 saturated heterocycles. The van der Waals surface area contributed by atoms with Crippen molar-refractivity contribution in [1.29, 1.82) is 0 Å². The minimum atomic E-state index is -3.86. The number of sulfonamides is 1. The first kappa shape index (κ1) is 24.0. The van der Waals surface area contributed by atoms with Gasteiger partial charge in [-0.1, -0.05) is 54.6 Å². The van der Waals surface area contributed by atoms with Gasteiger partial charge < -0.3 is 10.6 Å². The van der Waals surface area contributed by atoms with Gasteiger partial charge in [-0.25, -0.2) is 17.6 Å². The van der Waals surface area contributed by atoms with E-state index in [1.807, 2.05) is 37.3 Å². The maximum Gasteiger partial charge on any atom is 0.319 e. The number of nitrogens with one attached hydrogen (secondary N) is 3. The normalized spacial score (nSPS) is 11.9. The van der Waals surface area contributed by atoms with Gasteiger partial charge in [0.05, 0.1) is 10.9 Å². The van der Waals surface area contributed by atoms with Crippen LogP contribution in [0.1, 0.15) is 18.5 Å². The molecule has 0 aromatic heterocycles. The molecule has 0 fully saturated rings. The smallest absolute Gasteiger partial charge is 0.319 e. The second kappa shape index (κ2) is 10.4. The van der Waals surface area contributed by atoms with E-state index in [4.69, 9.17) is 0 Å². The summed E-state index contributed by atoms with van der Waals surface area (Å²) in [5, 5.41) is 5.60. The SMILES string of the molecule is CC(NC(=O)Nc1ccc(NS(=O)(=O)c2cccc(-c3ccc(F)cc3)c2)cc1)c1ccccc1. The van der Waals surface area contributed by atoms with E-state index in [2.05, 4.69) is 15.4 Å². The summed E-state index contributed by atoms with van der Waals surface area (Å²) in [5.41, 5.74) is 3.21. The van der Waals surface area contributed by atoms with Gasteiger partial charge >= 0.3 is 6.03 Å². The van der Waals surface area contributed by atoms with Crippen molar-refractivity contribution in [3.63, 3.8) is 0 Å². The molecule has 0 radical (unpaired) electrons. The van der Waals surface area contributed by atoms with E-state index in [-0.39, 0.29) is 22.8 Å². The lowest BCUT2D eigenvalue weighted by molar-refractivity contribution is 0.249. The summed E-state index contributed by atoms with van der Waals surface area (Å²) in [5.74, 6) is -0.361. The highest BCUT2D eigenvalue weighted by Crippen LogP contribution is 2.25. The molecule has 0 aliphatic heterocycles. The van der Waals surface area contributed by atoms with E-state index in [1.54, 1.807) is 48.5 Å². The van der Waals surface area contributed by atoms with Gasteiger partial charge in [-0.3, -0.25) is 4.72 Å².